The molecule has 0 spiro atoms. The standard InChI is InChI=1S/C25H22F2N2O2S/c1-31-17-12-10-16(11-13-17)24-19(18-6-2-3-7-20(18)29-24)14-15-23(30)28-21-8-4-5-9-22(21)32-25(26)27/h2-13,25,29H,14-15H2,1H3,(H,28,30). The second kappa shape index (κ2) is 9.87. The molecule has 1 amide bonds. The Hall–Kier alpha value is -3.32. The number of aryl methyl sites for hydroxylation is 1. The van der Waals surface area contributed by atoms with Crippen molar-refractivity contribution in [2.75, 3.05) is 12.4 Å². The molecule has 0 fully saturated rings. The maximum absolute atomic E-state index is 12.8. The third-order valence-electron chi connectivity index (χ3n) is 5.17. The van der Waals surface area contributed by atoms with Gasteiger partial charge in [-0.2, -0.15) is 8.78 Å². The van der Waals surface area contributed by atoms with Crippen LogP contribution in [0.15, 0.2) is 77.7 Å². The highest BCUT2D eigenvalue weighted by Crippen LogP contribution is 2.33. The number of methoxy groups -OCH3 is 1. The molecule has 0 radical (unpaired) electrons. The van der Waals surface area contributed by atoms with Crippen molar-refractivity contribution in [2.24, 2.45) is 0 Å². The van der Waals surface area contributed by atoms with Crippen molar-refractivity contribution in [3.05, 3.63) is 78.4 Å². The van der Waals surface area contributed by atoms with Crippen LogP contribution >= 0.6 is 11.8 Å². The molecule has 1 heterocycles. The number of carbonyl (C=O) groups is 1. The molecule has 0 atom stereocenters. The minimum Gasteiger partial charge on any atom is -0.497 e. The van der Waals surface area contributed by atoms with Crippen LogP contribution in [-0.4, -0.2) is 23.8 Å². The van der Waals surface area contributed by atoms with E-state index in [1.54, 1.807) is 31.4 Å². The van der Waals surface area contributed by atoms with E-state index in [0.717, 1.165) is 33.5 Å². The van der Waals surface area contributed by atoms with E-state index in [1.165, 1.54) is 0 Å². The maximum atomic E-state index is 12.8. The number of halogens is 2. The van der Waals surface area contributed by atoms with Gasteiger partial charge in [0.1, 0.15) is 5.75 Å². The topological polar surface area (TPSA) is 54.1 Å². The van der Waals surface area contributed by atoms with Crippen molar-refractivity contribution in [3.8, 4) is 17.0 Å². The van der Waals surface area contributed by atoms with E-state index in [9.17, 15) is 13.6 Å². The predicted octanol–water partition coefficient (Wildman–Crippen LogP) is 6.73. The molecule has 4 nitrogen and oxygen atoms in total. The molecule has 0 bridgehead atoms. The lowest BCUT2D eigenvalue weighted by molar-refractivity contribution is -0.116. The number of nitrogens with one attached hydrogen (secondary N) is 2. The Bertz CT molecular complexity index is 1220. The SMILES string of the molecule is COc1ccc(-c2[nH]c3ccccc3c2CCC(=O)Nc2ccccc2SC(F)F)cc1. The van der Waals surface area contributed by atoms with Crippen LogP contribution in [0.1, 0.15) is 12.0 Å². The number of hydrogen-bond acceptors (Lipinski definition) is 3. The van der Waals surface area contributed by atoms with Crippen LogP contribution in [0.25, 0.3) is 22.2 Å². The van der Waals surface area contributed by atoms with E-state index in [4.69, 9.17) is 4.74 Å². The number of para-hydroxylation sites is 2. The summed E-state index contributed by atoms with van der Waals surface area (Å²) < 4.78 is 30.9. The Balaban J connectivity index is 1.56. The molecule has 2 N–H and O–H groups in total. The average Bonchev–Trinajstić information content (AvgIpc) is 3.17. The van der Waals surface area contributed by atoms with Crippen molar-refractivity contribution < 1.29 is 18.3 Å². The third-order valence-corrected chi connectivity index (χ3v) is 5.96. The van der Waals surface area contributed by atoms with Gasteiger partial charge in [-0.25, -0.2) is 0 Å². The molecule has 7 heteroatoms. The smallest absolute Gasteiger partial charge is 0.288 e. The summed E-state index contributed by atoms with van der Waals surface area (Å²) in [6, 6.07) is 22.3. The molecule has 0 saturated heterocycles. The molecule has 3 aromatic carbocycles. The first kappa shape index (κ1) is 21.9. The summed E-state index contributed by atoms with van der Waals surface area (Å²) in [6.07, 6.45) is 0.722. The molecule has 0 aliphatic carbocycles. The number of amides is 1. The van der Waals surface area contributed by atoms with Gasteiger partial charge in [-0.1, -0.05) is 42.1 Å². The van der Waals surface area contributed by atoms with Crippen LogP contribution in [0.5, 0.6) is 5.75 Å². The fourth-order valence-corrected chi connectivity index (χ4v) is 4.28. The molecule has 0 saturated carbocycles. The number of H-pyrrole nitrogens is 1. The number of thioether (sulfide) groups is 1. The quantitative estimate of drug-likeness (QED) is 0.292. The van der Waals surface area contributed by atoms with E-state index in [-0.39, 0.29) is 12.3 Å². The van der Waals surface area contributed by atoms with Crippen molar-refractivity contribution in [1.82, 2.24) is 4.98 Å². The minimum absolute atomic E-state index is 0.221. The Morgan fingerprint density at radius 1 is 1.03 bits per heavy atom. The van der Waals surface area contributed by atoms with Gasteiger partial charge in [0, 0.05) is 27.9 Å². The fourth-order valence-electron chi connectivity index (χ4n) is 3.68. The number of rotatable bonds is 8. The van der Waals surface area contributed by atoms with Gasteiger partial charge in [0.15, 0.2) is 0 Å². The summed E-state index contributed by atoms with van der Waals surface area (Å²) in [7, 11) is 1.62. The summed E-state index contributed by atoms with van der Waals surface area (Å²) in [5.74, 6) is -2.00. The van der Waals surface area contributed by atoms with Gasteiger partial charge in [0.2, 0.25) is 5.91 Å². The van der Waals surface area contributed by atoms with Gasteiger partial charge in [-0.15, -0.1) is 0 Å². The molecular weight excluding hydrogens is 430 g/mol. The number of carbonyl (C=O) groups excluding carboxylic acids is 1. The van der Waals surface area contributed by atoms with Gasteiger partial charge in [0.05, 0.1) is 12.8 Å². The van der Waals surface area contributed by atoms with Crippen LogP contribution in [-0.2, 0) is 11.2 Å². The molecular formula is C25H22F2N2O2S. The van der Waals surface area contributed by atoms with Gasteiger partial charge < -0.3 is 15.0 Å². The van der Waals surface area contributed by atoms with Crippen molar-refractivity contribution in [2.45, 2.75) is 23.5 Å². The first-order valence-corrected chi connectivity index (χ1v) is 11.0. The molecule has 0 aliphatic rings. The Kier molecular flexibility index (Phi) is 6.75. The van der Waals surface area contributed by atoms with Crippen LogP contribution in [0.3, 0.4) is 0 Å². The monoisotopic (exact) mass is 452 g/mol. The highest BCUT2D eigenvalue weighted by Gasteiger charge is 2.16. The number of aromatic amines is 1. The van der Waals surface area contributed by atoms with Crippen molar-refractivity contribution in [3.63, 3.8) is 0 Å². The van der Waals surface area contributed by atoms with Gasteiger partial charge in [0.25, 0.3) is 5.76 Å². The lowest BCUT2D eigenvalue weighted by Crippen LogP contribution is -2.13. The van der Waals surface area contributed by atoms with Gasteiger partial charge in [-0.05, 0) is 60.0 Å². The van der Waals surface area contributed by atoms with Crippen molar-refractivity contribution >= 4 is 34.3 Å². The number of anilines is 1. The maximum Gasteiger partial charge on any atom is 0.288 e. The number of benzene rings is 3. The minimum atomic E-state index is -2.55. The highest BCUT2D eigenvalue weighted by molar-refractivity contribution is 7.99. The zero-order valence-electron chi connectivity index (χ0n) is 17.4. The molecule has 1 aromatic heterocycles. The van der Waals surface area contributed by atoms with Crippen molar-refractivity contribution in [1.29, 1.82) is 0 Å². The Morgan fingerprint density at radius 2 is 1.75 bits per heavy atom. The zero-order valence-corrected chi connectivity index (χ0v) is 18.2. The normalized spacial score (nSPS) is 11.1. The number of fused-ring (bicyclic) bond motifs is 1. The number of alkyl halides is 2. The second-order valence-electron chi connectivity index (χ2n) is 7.18. The van der Waals surface area contributed by atoms with E-state index >= 15 is 0 Å². The molecule has 4 rings (SSSR count). The van der Waals surface area contributed by atoms with E-state index < -0.39 is 5.76 Å². The number of hydrogen-bond donors (Lipinski definition) is 2. The lowest BCUT2D eigenvalue weighted by Gasteiger charge is -2.11. The predicted molar refractivity (Wildman–Crippen MR) is 126 cm³/mol. The van der Waals surface area contributed by atoms with Crippen LogP contribution < -0.4 is 10.1 Å². The molecule has 0 aliphatic heterocycles. The van der Waals surface area contributed by atoms with Crippen LogP contribution in [0, 0.1) is 0 Å². The zero-order chi connectivity index (χ0) is 22.5. The Labute approximate surface area is 189 Å². The van der Waals surface area contributed by atoms with Crippen LogP contribution in [0.4, 0.5) is 14.5 Å². The first-order chi connectivity index (χ1) is 15.5. The van der Waals surface area contributed by atoms with E-state index in [2.05, 4.69) is 10.3 Å². The average molecular weight is 453 g/mol. The highest BCUT2D eigenvalue weighted by atomic mass is 32.2. The molecule has 32 heavy (non-hydrogen) atoms. The fraction of sp³-hybridized carbons (Fsp3) is 0.160. The summed E-state index contributed by atoms with van der Waals surface area (Å²) in [4.78, 5) is 16.5. The van der Waals surface area contributed by atoms with Crippen LogP contribution in [0.2, 0.25) is 0 Å². The second-order valence-corrected chi connectivity index (χ2v) is 8.21. The largest absolute Gasteiger partial charge is 0.497 e. The lowest BCUT2D eigenvalue weighted by atomic mass is 10.0. The van der Waals surface area contributed by atoms with E-state index in [0.29, 0.717) is 28.8 Å². The summed E-state index contributed by atoms with van der Waals surface area (Å²) >= 11 is 0.424. The third kappa shape index (κ3) is 4.94. The van der Waals surface area contributed by atoms with Gasteiger partial charge >= 0.3 is 0 Å². The van der Waals surface area contributed by atoms with E-state index in [1.807, 2.05) is 48.5 Å². The Morgan fingerprint density at radius 3 is 2.50 bits per heavy atom. The van der Waals surface area contributed by atoms with Gasteiger partial charge in [-0.3, -0.25) is 4.79 Å². The summed E-state index contributed by atoms with van der Waals surface area (Å²) in [5.41, 5.74) is 4.38. The number of ether oxygens (including phenoxy) is 1. The molecule has 164 valence electrons. The number of aromatic nitrogens is 1. The summed E-state index contributed by atoms with van der Waals surface area (Å²) in [5, 5.41) is 3.84. The molecule has 0 unspecified atom stereocenters. The first-order valence-electron chi connectivity index (χ1n) is 10.1. The summed E-state index contributed by atoms with van der Waals surface area (Å²) in [6.45, 7) is 0. The molecule has 4 aromatic rings.